The molecule has 6 nitrogen and oxygen atoms in total. The van der Waals surface area contributed by atoms with Gasteiger partial charge in [-0.1, -0.05) is 48.0 Å². The van der Waals surface area contributed by atoms with E-state index in [4.69, 9.17) is 21.3 Å². The van der Waals surface area contributed by atoms with E-state index in [2.05, 4.69) is 0 Å². The number of hydrogen-bond donors (Lipinski definition) is 1. The van der Waals surface area contributed by atoms with Crippen molar-refractivity contribution in [3.05, 3.63) is 89.5 Å². The summed E-state index contributed by atoms with van der Waals surface area (Å²) >= 11 is 6.14. The Bertz CT molecular complexity index is 1340. The van der Waals surface area contributed by atoms with Crippen LogP contribution < -0.4 is 9.64 Å². The Morgan fingerprint density at radius 2 is 1.82 bits per heavy atom. The summed E-state index contributed by atoms with van der Waals surface area (Å²) in [7, 11) is 0. The third kappa shape index (κ3) is 4.36. The van der Waals surface area contributed by atoms with E-state index in [0.717, 1.165) is 11.0 Å². The van der Waals surface area contributed by atoms with Crippen LogP contribution in [0.1, 0.15) is 18.2 Å². The van der Waals surface area contributed by atoms with Gasteiger partial charge >= 0.3 is 0 Å². The Balaban J connectivity index is 1.40. The molecule has 0 unspecified atom stereocenters. The number of nitrogens with zero attached hydrogens (tertiary/aromatic N) is 3. The lowest BCUT2D eigenvalue weighted by atomic mass is 10.1. The highest BCUT2D eigenvalue weighted by molar-refractivity contribution is 6.32. The summed E-state index contributed by atoms with van der Waals surface area (Å²) in [6.07, 6.45) is -0.628. The summed E-state index contributed by atoms with van der Waals surface area (Å²) < 4.78 is 22.0. The highest BCUT2D eigenvalue weighted by atomic mass is 35.5. The largest absolute Gasteiger partial charge is 0.489 e. The second kappa shape index (κ2) is 9.44. The van der Waals surface area contributed by atoms with E-state index >= 15 is 0 Å². The number of fused-ring (bicyclic) bond motifs is 1. The average Bonchev–Trinajstić information content (AvgIpc) is 3.39. The Morgan fingerprint density at radius 3 is 2.65 bits per heavy atom. The summed E-state index contributed by atoms with van der Waals surface area (Å²) in [5, 5.41) is 11.2. The Labute approximate surface area is 201 Å². The zero-order chi connectivity index (χ0) is 23.7. The van der Waals surface area contributed by atoms with Crippen LogP contribution in [0.3, 0.4) is 0 Å². The first-order valence-electron chi connectivity index (χ1n) is 11.1. The van der Waals surface area contributed by atoms with Gasteiger partial charge in [0.25, 0.3) is 0 Å². The monoisotopic (exact) mass is 479 g/mol. The predicted octanol–water partition coefficient (Wildman–Crippen LogP) is 4.79. The molecule has 1 aromatic heterocycles. The van der Waals surface area contributed by atoms with Crippen molar-refractivity contribution in [2.75, 3.05) is 18.1 Å². The summed E-state index contributed by atoms with van der Waals surface area (Å²) in [5.74, 6) is 0.357. The number of amides is 1. The van der Waals surface area contributed by atoms with Gasteiger partial charge < -0.3 is 19.3 Å². The minimum Gasteiger partial charge on any atom is -0.489 e. The van der Waals surface area contributed by atoms with E-state index in [1.54, 1.807) is 30.3 Å². The van der Waals surface area contributed by atoms with Gasteiger partial charge in [-0.2, -0.15) is 0 Å². The number of benzene rings is 3. The zero-order valence-electron chi connectivity index (χ0n) is 18.3. The van der Waals surface area contributed by atoms with Crippen molar-refractivity contribution in [3.8, 4) is 5.75 Å². The molecule has 174 valence electrons. The lowest BCUT2D eigenvalue weighted by Crippen LogP contribution is -2.27. The summed E-state index contributed by atoms with van der Waals surface area (Å²) in [5.41, 5.74) is 1.89. The maximum Gasteiger partial charge on any atom is 0.227 e. The molecule has 0 spiro atoms. The van der Waals surface area contributed by atoms with Crippen LogP contribution in [0.5, 0.6) is 5.75 Å². The number of rotatable bonds is 7. The number of aliphatic hydroxyl groups excluding tert-OH is 1. The summed E-state index contributed by atoms with van der Waals surface area (Å²) in [6.45, 7) is 0.584. The van der Waals surface area contributed by atoms with E-state index in [9.17, 15) is 14.3 Å². The van der Waals surface area contributed by atoms with Gasteiger partial charge in [-0.3, -0.25) is 4.79 Å². The van der Waals surface area contributed by atoms with Crippen molar-refractivity contribution < 1.29 is 19.0 Å². The molecule has 3 aromatic carbocycles. The maximum absolute atomic E-state index is 14.3. The standard InChI is InChI=1S/C26H23ClFN3O3/c27-19-7-1-6-12-24(19)34-16-18(32)15-31-23-11-5-3-9-21(23)29-26(31)17-13-25(33)30(14-17)22-10-4-2-8-20(22)28/h1-12,17-18,32H,13-16H2/t17-,18+/m1/s1. The van der Waals surface area contributed by atoms with Crippen LogP contribution in [0, 0.1) is 5.82 Å². The fourth-order valence-corrected chi connectivity index (χ4v) is 4.58. The number of carbonyl (C=O) groups excluding carboxylic acids is 1. The van der Waals surface area contributed by atoms with Crippen molar-refractivity contribution in [2.45, 2.75) is 25.0 Å². The first-order valence-corrected chi connectivity index (χ1v) is 11.4. The number of anilines is 1. The number of hydrogen-bond acceptors (Lipinski definition) is 4. The van der Waals surface area contributed by atoms with Crippen LogP contribution in [0.4, 0.5) is 10.1 Å². The molecule has 1 amide bonds. The molecular formula is C26H23ClFN3O3. The number of carbonyl (C=O) groups is 1. The van der Waals surface area contributed by atoms with E-state index in [-0.39, 0.29) is 37.1 Å². The van der Waals surface area contributed by atoms with E-state index in [1.165, 1.54) is 11.0 Å². The molecular weight excluding hydrogens is 457 g/mol. The van der Waals surface area contributed by atoms with Gasteiger partial charge in [0.1, 0.15) is 30.1 Å². The zero-order valence-corrected chi connectivity index (χ0v) is 19.0. The number of aromatic nitrogens is 2. The molecule has 1 fully saturated rings. The second-order valence-electron chi connectivity index (χ2n) is 8.32. The fraction of sp³-hybridized carbons (Fsp3) is 0.231. The van der Waals surface area contributed by atoms with Crippen molar-refractivity contribution in [1.29, 1.82) is 0 Å². The Morgan fingerprint density at radius 1 is 1.09 bits per heavy atom. The highest BCUT2D eigenvalue weighted by Crippen LogP contribution is 2.34. The van der Waals surface area contributed by atoms with Gasteiger partial charge in [0.2, 0.25) is 5.91 Å². The van der Waals surface area contributed by atoms with Gasteiger partial charge in [-0.25, -0.2) is 9.37 Å². The number of ether oxygens (including phenoxy) is 1. The molecule has 0 radical (unpaired) electrons. The number of para-hydroxylation sites is 4. The molecule has 1 N–H and O–H groups in total. The molecule has 34 heavy (non-hydrogen) atoms. The van der Waals surface area contributed by atoms with E-state index in [1.807, 2.05) is 41.0 Å². The number of halogens is 2. The molecule has 0 bridgehead atoms. The van der Waals surface area contributed by atoms with Crippen LogP contribution in [-0.4, -0.2) is 39.8 Å². The maximum atomic E-state index is 14.3. The number of imidazole rings is 1. The molecule has 1 saturated heterocycles. The second-order valence-corrected chi connectivity index (χ2v) is 8.73. The van der Waals surface area contributed by atoms with Gasteiger partial charge in [-0.05, 0) is 36.4 Å². The molecule has 1 aliphatic heterocycles. The fourth-order valence-electron chi connectivity index (χ4n) is 4.39. The normalized spacial score (nSPS) is 16.9. The van der Waals surface area contributed by atoms with Crippen LogP contribution in [0.25, 0.3) is 11.0 Å². The van der Waals surface area contributed by atoms with Gasteiger partial charge in [-0.15, -0.1) is 0 Å². The van der Waals surface area contributed by atoms with Gasteiger partial charge in [0.05, 0.1) is 28.3 Å². The molecule has 2 heterocycles. The summed E-state index contributed by atoms with van der Waals surface area (Å²) in [6, 6.07) is 21.0. The molecule has 5 rings (SSSR count). The summed E-state index contributed by atoms with van der Waals surface area (Å²) in [4.78, 5) is 19.0. The number of aliphatic hydroxyl groups is 1. The third-order valence-electron chi connectivity index (χ3n) is 5.98. The lowest BCUT2D eigenvalue weighted by molar-refractivity contribution is -0.117. The van der Waals surface area contributed by atoms with Crippen LogP contribution in [-0.2, 0) is 11.3 Å². The highest BCUT2D eigenvalue weighted by Gasteiger charge is 2.36. The average molecular weight is 480 g/mol. The van der Waals surface area contributed by atoms with Crippen molar-refractivity contribution in [1.82, 2.24) is 9.55 Å². The molecule has 2 atom stereocenters. The minimum atomic E-state index is -0.840. The Kier molecular flexibility index (Phi) is 6.22. The lowest BCUT2D eigenvalue weighted by Gasteiger charge is -2.19. The molecule has 1 aliphatic rings. The molecule has 4 aromatic rings. The van der Waals surface area contributed by atoms with Crippen molar-refractivity contribution in [2.24, 2.45) is 0 Å². The van der Waals surface area contributed by atoms with Crippen LogP contribution in [0.2, 0.25) is 5.02 Å². The molecule has 8 heteroatoms. The van der Waals surface area contributed by atoms with E-state index < -0.39 is 11.9 Å². The van der Waals surface area contributed by atoms with Gasteiger partial charge in [0.15, 0.2) is 0 Å². The first-order chi connectivity index (χ1) is 16.5. The minimum absolute atomic E-state index is 0.0423. The molecule has 0 aliphatic carbocycles. The van der Waals surface area contributed by atoms with Crippen LogP contribution >= 0.6 is 11.6 Å². The van der Waals surface area contributed by atoms with Crippen LogP contribution in [0.15, 0.2) is 72.8 Å². The third-order valence-corrected chi connectivity index (χ3v) is 6.29. The molecule has 0 saturated carbocycles. The quantitative estimate of drug-likeness (QED) is 0.414. The van der Waals surface area contributed by atoms with E-state index in [0.29, 0.717) is 23.1 Å². The predicted molar refractivity (Wildman–Crippen MR) is 129 cm³/mol. The first kappa shape index (κ1) is 22.4. The smallest absolute Gasteiger partial charge is 0.227 e. The van der Waals surface area contributed by atoms with Crippen molar-refractivity contribution in [3.63, 3.8) is 0 Å². The topological polar surface area (TPSA) is 67.6 Å². The Hall–Kier alpha value is -3.42. The van der Waals surface area contributed by atoms with Crippen molar-refractivity contribution >= 4 is 34.2 Å². The SMILES string of the molecule is O=C1C[C@@H](c2nc3ccccc3n2C[C@H](O)COc2ccccc2Cl)CN1c1ccccc1F. The van der Waals surface area contributed by atoms with Gasteiger partial charge in [0, 0.05) is 18.9 Å².